The van der Waals surface area contributed by atoms with Crippen LogP contribution in [0.5, 0.6) is 23.0 Å². The van der Waals surface area contributed by atoms with Crippen LogP contribution in [-0.4, -0.2) is 4.98 Å². The van der Waals surface area contributed by atoms with E-state index in [9.17, 15) is 0 Å². The highest BCUT2D eigenvalue weighted by molar-refractivity contribution is 7.25. The lowest BCUT2D eigenvalue weighted by Gasteiger charge is -2.34. The van der Waals surface area contributed by atoms with Gasteiger partial charge in [-0.15, -0.1) is 11.3 Å². The van der Waals surface area contributed by atoms with E-state index in [1.165, 1.54) is 48.0 Å². The quantitative estimate of drug-likeness (QED) is 0.167. The molecule has 9 aromatic carbocycles. The number of nitrogens with zero attached hydrogens (tertiary/aromatic N) is 1. The largest absolute Gasteiger partial charge is 0.449 e. The molecule has 0 atom stereocenters. The zero-order valence-electron chi connectivity index (χ0n) is 34.5. The molecular formula is C60H37NO2S. The van der Waals surface area contributed by atoms with E-state index in [1.807, 2.05) is 29.5 Å². The molecule has 11 aromatic rings. The van der Waals surface area contributed by atoms with E-state index in [0.717, 1.165) is 50.3 Å². The SMILES string of the molecule is c1ccc(-c2cc(-c3ccc4c(c3)sc3ccccc34)cc(-c3cccc(-c4cccc5c4Oc4cc6c(cc4O5)-c4ccccc4C6(c4ccccc4)c4ccccc4)c3)n2)cc1. The van der Waals surface area contributed by atoms with E-state index in [4.69, 9.17) is 14.5 Å². The fraction of sp³-hybridized carbons (Fsp3) is 0.0167. The standard InChI is InChI=1S/C60H37NO2S/c1-4-16-38(17-5-1)52-33-42(39-30-31-48-47-25-11-13-29-57(47)64-58(48)35-39)34-53(61-52)41-19-14-18-40(32-41)45-26-15-28-54-59(45)63-56-37-51-49(36-55(56)62-54)46-24-10-12-27-50(46)60(51,43-20-6-2-7-21-43)44-22-8-3-9-23-44/h1-37H. The maximum absolute atomic E-state index is 7.07. The highest BCUT2D eigenvalue weighted by atomic mass is 32.1. The Balaban J connectivity index is 0.922. The van der Waals surface area contributed by atoms with Crippen molar-refractivity contribution < 1.29 is 9.47 Å². The van der Waals surface area contributed by atoms with Crippen LogP contribution in [-0.2, 0) is 5.41 Å². The lowest BCUT2D eigenvalue weighted by Crippen LogP contribution is -2.28. The van der Waals surface area contributed by atoms with E-state index >= 15 is 0 Å². The van der Waals surface area contributed by atoms with Crippen LogP contribution in [0.25, 0.3) is 76.1 Å². The van der Waals surface area contributed by atoms with E-state index in [1.54, 1.807) is 0 Å². The van der Waals surface area contributed by atoms with Gasteiger partial charge in [0.15, 0.2) is 23.0 Å². The minimum absolute atomic E-state index is 0.551. The Morgan fingerprint density at radius 2 is 0.969 bits per heavy atom. The fourth-order valence-electron chi connectivity index (χ4n) is 10.1. The van der Waals surface area contributed by atoms with Crippen LogP contribution in [0.4, 0.5) is 0 Å². The van der Waals surface area contributed by atoms with E-state index in [0.29, 0.717) is 23.0 Å². The van der Waals surface area contributed by atoms with Gasteiger partial charge in [0.25, 0.3) is 0 Å². The second-order valence-corrected chi connectivity index (χ2v) is 17.7. The minimum Gasteiger partial charge on any atom is -0.449 e. The number of thiophene rings is 1. The molecule has 2 aromatic heterocycles. The summed E-state index contributed by atoms with van der Waals surface area (Å²) in [6.45, 7) is 0. The Bertz CT molecular complexity index is 3580. The summed E-state index contributed by atoms with van der Waals surface area (Å²) >= 11 is 1.84. The Morgan fingerprint density at radius 3 is 1.78 bits per heavy atom. The van der Waals surface area contributed by atoms with Gasteiger partial charge >= 0.3 is 0 Å². The van der Waals surface area contributed by atoms with Crippen LogP contribution < -0.4 is 9.47 Å². The smallest absolute Gasteiger partial charge is 0.177 e. The van der Waals surface area contributed by atoms with Gasteiger partial charge in [0.2, 0.25) is 0 Å². The van der Waals surface area contributed by atoms with Gasteiger partial charge in [-0.3, -0.25) is 0 Å². The molecule has 300 valence electrons. The first-order chi connectivity index (χ1) is 31.7. The topological polar surface area (TPSA) is 31.4 Å². The molecule has 0 saturated heterocycles. The number of aromatic nitrogens is 1. The molecule has 0 bridgehead atoms. The summed E-state index contributed by atoms with van der Waals surface area (Å²) < 4.78 is 16.5. The first-order valence-electron chi connectivity index (χ1n) is 21.7. The third kappa shape index (κ3) is 5.70. The van der Waals surface area contributed by atoms with Gasteiger partial charge < -0.3 is 9.47 Å². The predicted molar refractivity (Wildman–Crippen MR) is 263 cm³/mol. The van der Waals surface area contributed by atoms with Gasteiger partial charge in [0, 0.05) is 36.9 Å². The van der Waals surface area contributed by atoms with Crippen molar-refractivity contribution in [2.75, 3.05) is 0 Å². The van der Waals surface area contributed by atoms with Gasteiger partial charge in [-0.2, -0.15) is 0 Å². The molecule has 1 aliphatic heterocycles. The van der Waals surface area contributed by atoms with E-state index < -0.39 is 5.41 Å². The Hall–Kier alpha value is -8.05. The molecule has 0 unspecified atom stereocenters. The second kappa shape index (κ2) is 14.5. The van der Waals surface area contributed by atoms with Gasteiger partial charge in [-0.25, -0.2) is 4.98 Å². The van der Waals surface area contributed by atoms with Crippen molar-refractivity contribution >= 4 is 31.5 Å². The van der Waals surface area contributed by atoms with Crippen molar-refractivity contribution in [1.82, 2.24) is 4.98 Å². The highest BCUT2D eigenvalue weighted by Gasteiger charge is 2.47. The predicted octanol–water partition coefficient (Wildman–Crippen LogP) is 16.4. The number of rotatable bonds is 6. The lowest BCUT2D eigenvalue weighted by atomic mass is 9.67. The fourth-order valence-corrected chi connectivity index (χ4v) is 11.3. The Labute approximate surface area is 375 Å². The molecule has 2 aliphatic rings. The molecule has 0 saturated carbocycles. The van der Waals surface area contributed by atoms with Crippen molar-refractivity contribution in [2.45, 2.75) is 5.41 Å². The number of para-hydroxylation sites is 1. The van der Waals surface area contributed by atoms with Crippen LogP contribution in [0.1, 0.15) is 22.3 Å². The molecule has 13 rings (SSSR count). The molecular weight excluding hydrogens is 799 g/mol. The van der Waals surface area contributed by atoms with Crippen molar-refractivity contribution in [2.24, 2.45) is 0 Å². The number of fused-ring (bicyclic) bond motifs is 8. The monoisotopic (exact) mass is 835 g/mol. The van der Waals surface area contributed by atoms with Crippen LogP contribution in [0, 0.1) is 0 Å². The molecule has 0 N–H and O–H groups in total. The van der Waals surface area contributed by atoms with Gasteiger partial charge in [-0.05, 0) is 98.6 Å². The zero-order chi connectivity index (χ0) is 42.2. The van der Waals surface area contributed by atoms with Crippen LogP contribution >= 0.6 is 11.3 Å². The normalized spacial score (nSPS) is 13.1. The molecule has 0 radical (unpaired) electrons. The molecule has 0 amide bonds. The molecule has 3 heterocycles. The van der Waals surface area contributed by atoms with Gasteiger partial charge in [-0.1, -0.05) is 176 Å². The minimum atomic E-state index is -0.551. The van der Waals surface area contributed by atoms with Crippen molar-refractivity contribution in [3.63, 3.8) is 0 Å². The number of pyridine rings is 1. The molecule has 4 heteroatoms. The molecule has 3 nitrogen and oxygen atoms in total. The van der Waals surface area contributed by atoms with Gasteiger partial charge in [0.05, 0.1) is 16.8 Å². The second-order valence-electron chi connectivity index (χ2n) is 16.6. The number of ether oxygens (including phenoxy) is 2. The maximum Gasteiger partial charge on any atom is 0.177 e. The number of hydrogen-bond donors (Lipinski definition) is 0. The van der Waals surface area contributed by atoms with Crippen molar-refractivity contribution in [3.8, 4) is 78.9 Å². The van der Waals surface area contributed by atoms with Crippen molar-refractivity contribution in [3.05, 3.63) is 247 Å². The number of hydrogen-bond acceptors (Lipinski definition) is 4. The molecule has 0 fully saturated rings. The van der Waals surface area contributed by atoms with Crippen LogP contribution in [0.15, 0.2) is 224 Å². The van der Waals surface area contributed by atoms with Crippen molar-refractivity contribution in [1.29, 1.82) is 0 Å². The third-order valence-electron chi connectivity index (χ3n) is 13.0. The van der Waals surface area contributed by atoms with Gasteiger partial charge in [0.1, 0.15) is 0 Å². The van der Waals surface area contributed by atoms with Crippen LogP contribution in [0.2, 0.25) is 0 Å². The summed E-state index contributed by atoms with van der Waals surface area (Å²) in [7, 11) is 0. The Morgan fingerprint density at radius 1 is 0.344 bits per heavy atom. The average molecular weight is 836 g/mol. The first kappa shape index (κ1) is 36.6. The summed E-state index contributed by atoms with van der Waals surface area (Å²) in [6.07, 6.45) is 0. The summed E-state index contributed by atoms with van der Waals surface area (Å²) in [4.78, 5) is 5.31. The summed E-state index contributed by atoms with van der Waals surface area (Å²) in [5.41, 5.74) is 14.8. The summed E-state index contributed by atoms with van der Waals surface area (Å²) in [5, 5.41) is 2.59. The molecule has 1 aliphatic carbocycles. The number of benzene rings is 9. The Kier molecular flexibility index (Phi) is 8.30. The first-order valence-corrected chi connectivity index (χ1v) is 22.5. The van der Waals surface area contributed by atoms with Crippen LogP contribution in [0.3, 0.4) is 0 Å². The highest BCUT2D eigenvalue weighted by Crippen LogP contribution is 2.60. The summed E-state index contributed by atoms with van der Waals surface area (Å²) in [6, 6.07) is 80.0. The zero-order valence-corrected chi connectivity index (χ0v) is 35.4. The lowest BCUT2D eigenvalue weighted by molar-refractivity contribution is 0.360. The maximum atomic E-state index is 7.07. The van der Waals surface area contributed by atoms with E-state index in [2.05, 4.69) is 206 Å². The molecule has 0 spiro atoms. The third-order valence-corrected chi connectivity index (χ3v) is 14.1. The summed E-state index contributed by atoms with van der Waals surface area (Å²) in [5.74, 6) is 2.77. The van der Waals surface area contributed by atoms with E-state index in [-0.39, 0.29) is 0 Å². The molecule has 64 heavy (non-hydrogen) atoms. The average Bonchev–Trinajstić information content (AvgIpc) is 3.88.